The number of hydrogen-bond donors (Lipinski definition) is 0. The van der Waals surface area contributed by atoms with Crippen molar-refractivity contribution in [2.75, 3.05) is 17.5 Å². The van der Waals surface area contributed by atoms with E-state index in [1.165, 1.54) is 6.42 Å². The number of alkyl halides is 1. The second-order valence-corrected chi connectivity index (χ2v) is 3.63. The third kappa shape index (κ3) is 2.94. The molecular formula is C7H12INO2. The Balaban J connectivity index is 2.27. The predicted octanol–water partition coefficient (Wildman–Crippen LogP) is 1.22. The monoisotopic (exact) mass is 269 g/mol. The number of carbonyl (C=O) groups is 1. The first-order chi connectivity index (χ1) is 5.36. The third-order valence-electron chi connectivity index (χ3n) is 1.89. The van der Waals surface area contributed by atoms with Gasteiger partial charge < -0.3 is 4.84 Å². The van der Waals surface area contributed by atoms with E-state index < -0.39 is 0 Å². The summed E-state index contributed by atoms with van der Waals surface area (Å²) in [4.78, 5) is 14.8. The standard InChI is InChI=1S/C7H12INO2/c8-4-7-2-1-3-9(5-7)11-6-10/h6-7H,1-5H2/t7-/m0/s1. The molecule has 0 N–H and O–H groups in total. The third-order valence-corrected chi connectivity index (χ3v) is 3.14. The SMILES string of the molecule is O=CON1CCC[C@@H](CI)C1. The first kappa shape index (κ1) is 9.25. The van der Waals surface area contributed by atoms with Crippen LogP contribution in [0.2, 0.25) is 0 Å². The molecule has 4 heteroatoms. The fraction of sp³-hybridized carbons (Fsp3) is 0.857. The zero-order valence-electron chi connectivity index (χ0n) is 6.33. The lowest BCUT2D eigenvalue weighted by molar-refractivity contribution is -0.181. The molecule has 0 amide bonds. The molecule has 0 radical (unpaired) electrons. The molecule has 1 aliphatic rings. The Morgan fingerprint density at radius 2 is 2.55 bits per heavy atom. The van der Waals surface area contributed by atoms with Crippen LogP contribution in [-0.2, 0) is 9.63 Å². The zero-order valence-corrected chi connectivity index (χ0v) is 8.49. The summed E-state index contributed by atoms with van der Waals surface area (Å²) in [6.07, 6.45) is 2.41. The van der Waals surface area contributed by atoms with Crippen LogP contribution in [-0.4, -0.2) is 29.1 Å². The molecular weight excluding hydrogens is 257 g/mol. The van der Waals surface area contributed by atoms with Crippen molar-refractivity contribution in [1.82, 2.24) is 5.06 Å². The van der Waals surface area contributed by atoms with Crippen LogP contribution >= 0.6 is 22.6 Å². The van der Waals surface area contributed by atoms with E-state index in [4.69, 9.17) is 4.84 Å². The van der Waals surface area contributed by atoms with E-state index in [1.54, 1.807) is 5.06 Å². The van der Waals surface area contributed by atoms with E-state index in [9.17, 15) is 4.79 Å². The van der Waals surface area contributed by atoms with Gasteiger partial charge in [-0.25, -0.2) is 0 Å². The largest absolute Gasteiger partial charge is 0.371 e. The highest BCUT2D eigenvalue weighted by molar-refractivity contribution is 14.1. The van der Waals surface area contributed by atoms with Crippen LogP contribution in [0.1, 0.15) is 12.8 Å². The van der Waals surface area contributed by atoms with Gasteiger partial charge in [0.2, 0.25) is 0 Å². The molecule has 64 valence electrons. The van der Waals surface area contributed by atoms with E-state index >= 15 is 0 Å². The van der Waals surface area contributed by atoms with Crippen LogP contribution in [0.15, 0.2) is 0 Å². The van der Waals surface area contributed by atoms with Gasteiger partial charge in [-0.2, -0.15) is 0 Å². The molecule has 1 rings (SSSR count). The smallest absolute Gasteiger partial charge is 0.312 e. The van der Waals surface area contributed by atoms with Crippen LogP contribution in [0, 0.1) is 5.92 Å². The lowest BCUT2D eigenvalue weighted by atomic mass is 10.0. The Morgan fingerprint density at radius 1 is 1.73 bits per heavy atom. The molecule has 1 atom stereocenters. The normalized spacial score (nSPS) is 26.5. The van der Waals surface area contributed by atoms with Gasteiger partial charge in [0.25, 0.3) is 0 Å². The van der Waals surface area contributed by atoms with Gasteiger partial charge in [0.15, 0.2) is 0 Å². The summed E-state index contributed by atoms with van der Waals surface area (Å²) in [5.74, 6) is 0.698. The summed E-state index contributed by atoms with van der Waals surface area (Å²) in [6, 6.07) is 0. The van der Waals surface area contributed by atoms with E-state index in [-0.39, 0.29) is 0 Å². The Kier molecular flexibility index (Phi) is 4.14. The van der Waals surface area contributed by atoms with Gasteiger partial charge in [0.1, 0.15) is 0 Å². The number of carbonyl (C=O) groups excluding carboxylic acids is 1. The van der Waals surface area contributed by atoms with Crippen molar-refractivity contribution in [3.05, 3.63) is 0 Å². The van der Waals surface area contributed by atoms with Gasteiger partial charge in [0, 0.05) is 17.5 Å². The fourth-order valence-corrected chi connectivity index (χ4v) is 2.03. The van der Waals surface area contributed by atoms with E-state index in [0.29, 0.717) is 12.4 Å². The number of rotatable bonds is 3. The first-order valence-corrected chi connectivity index (χ1v) is 5.30. The highest BCUT2D eigenvalue weighted by Crippen LogP contribution is 2.17. The molecule has 0 saturated carbocycles. The van der Waals surface area contributed by atoms with Crippen LogP contribution in [0.5, 0.6) is 0 Å². The number of piperidine rings is 1. The molecule has 0 aliphatic carbocycles. The molecule has 0 aromatic rings. The number of halogens is 1. The van der Waals surface area contributed by atoms with Gasteiger partial charge in [-0.05, 0) is 18.8 Å². The predicted molar refractivity (Wildman–Crippen MR) is 50.3 cm³/mol. The maximum atomic E-state index is 10.0. The molecule has 0 spiro atoms. The van der Waals surface area contributed by atoms with Crippen molar-refractivity contribution in [3.8, 4) is 0 Å². The van der Waals surface area contributed by atoms with Crippen LogP contribution in [0.3, 0.4) is 0 Å². The average molecular weight is 269 g/mol. The molecule has 0 bridgehead atoms. The number of nitrogens with zero attached hydrogens (tertiary/aromatic N) is 1. The molecule has 3 nitrogen and oxygen atoms in total. The lowest BCUT2D eigenvalue weighted by Crippen LogP contribution is -2.35. The Bertz CT molecular complexity index is 132. The van der Waals surface area contributed by atoms with Gasteiger partial charge in [0.05, 0.1) is 0 Å². The van der Waals surface area contributed by atoms with Crippen molar-refractivity contribution in [2.24, 2.45) is 5.92 Å². The van der Waals surface area contributed by atoms with Gasteiger partial charge >= 0.3 is 6.47 Å². The number of hydrogen-bond acceptors (Lipinski definition) is 3. The van der Waals surface area contributed by atoms with Crippen molar-refractivity contribution < 1.29 is 9.63 Å². The Hall–Kier alpha value is 0.160. The minimum absolute atomic E-state index is 0.509. The van der Waals surface area contributed by atoms with Crippen molar-refractivity contribution >= 4 is 29.1 Å². The summed E-state index contributed by atoms with van der Waals surface area (Å²) in [5, 5.41) is 1.75. The van der Waals surface area contributed by atoms with Crippen LogP contribution < -0.4 is 0 Å². The second-order valence-electron chi connectivity index (χ2n) is 2.75. The highest BCUT2D eigenvalue weighted by atomic mass is 127. The van der Waals surface area contributed by atoms with Crippen molar-refractivity contribution in [2.45, 2.75) is 12.8 Å². The van der Waals surface area contributed by atoms with Gasteiger partial charge in [-0.1, -0.05) is 22.6 Å². The molecule has 0 aromatic heterocycles. The number of hydroxylamine groups is 2. The summed E-state index contributed by atoms with van der Waals surface area (Å²) >= 11 is 2.37. The fourth-order valence-electron chi connectivity index (χ4n) is 1.31. The van der Waals surface area contributed by atoms with Crippen molar-refractivity contribution in [3.63, 3.8) is 0 Å². The van der Waals surface area contributed by atoms with E-state index in [2.05, 4.69) is 22.6 Å². The summed E-state index contributed by atoms with van der Waals surface area (Å²) < 4.78 is 1.15. The Labute approximate surface area is 80.2 Å². The summed E-state index contributed by atoms with van der Waals surface area (Å²) in [7, 11) is 0. The van der Waals surface area contributed by atoms with Crippen LogP contribution in [0.25, 0.3) is 0 Å². The molecule has 1 saturated heterocycles. The molecule has 1 heterocycles. The molecule has 0 unspecified atom stereocenters. The topological polar surface area (TPSA) is 29.5 Å². The maximum Gasteiger partial charge on any atom is 0.312 e. The van der Waals surface area contributed by atoms with E-state index in [1.807, 2.05) is 0 Å². The highest BCUT2D eigenvalue weighted by Gasteiger charge is 2.19. The Morgan fingerprint density at radius 3 is 3.18 bits per heavy atom. The van der Waals surface area contributed by atoms with E-state index in [0.717, 1.165) is 23.9 Å². The molecule has 11 heavy (non-hydrogen) atoms. The summed E-state index contributed by atoms with van der Waals surface area (Å²) in [5.41, 5.74) is 0. The second kappa shape index (κ2) is 4.92. The maximum absolute atomic E-state index is 10.0. The molecule has 1 aliphatic heterocycles. The first-order valence-electron chi connectivity index (χ1n) is 3.78. The van der Waals surface area contributed by atoms with Gasteiger partial charge in [-0.15, -0.1) is 5.06 Å². The summed E-state index contributed by atoms with van der Waals surface area (Å²) in [6.45, 7) is 2.31. The average Bonchev–Trinajstić information content (AvgIpc) is 2.06. The lowest BCUT2D eigenvalue weighted by Gasteiger charge is -2.28. The minimum Gasteiger partial charge on any atom is -0.371 e. The molecule has 0 aromatic carbocycles. The quantitative estimate of drug-likeness (QED) is 0.438. The van der Waals surface area contributed by atoms with Gasteiger partial charge in [-0.3, -0.25) is 4.79 Å². The van der Waals surface area contributed by atoms with Crippen LogP contribution in [0.4, 0.5) is 0 Å². The molecule has 1 fully saturated rings. The minimum atomic E-state index is 0.509. The van der Waals surface area contributed by atoms with Crippen molar-refractivity contribution in [1.29, 1.82) is 0 Å². The zero-order chi connectivity index (χ0) is 8.10.